The van der Waals surface area contributed by atoms with E-state index >= 15 is 0 Å². The van der Waals surface area contributed by atoms with Gasteiger partial charge in [0, 0.05) is 0 Å². The lowest BCUT2D eigenvalue weighted by molar-refractivity contribution is -0.474. The first-order valence-corrected chi connectivity index (χ1v) is 12.4. The maximum Gasteiger partial charge on any atom is 0.415 e. The molecule has 0 fully saturated rings. The Balaban J connectivity index is 2.56. The van der Waals surface area contributed by atoms with Crippen molar-refractivity contribution in [1.82, 2.24) is 0 Å². The summed E-state index contributed by atoms with van der Waals surface area (Å²) in [5, 5.41) is 11.6. The van der Waals surface area contributed by atoms with Crippen LogP contribution in [0.25, 0.3) is 0 Å². The predicted molar refractivity (Wildman–Crippen MR) is 115 cm³/mol. The number of nitro groups is 1. The molecule has 164 valence electrons. The highest BCUT2D eigenvalue weighted by Gasteiger charge is 2.50. The average molecular weight is 454 g/mol. The molecule has 0 bridgehead atoms. The van der Waals surface area contributed by atoms with Crippen LogP contribution < -0.4 is 0 Å². The van der Waals surface area contributed by atoms with Crippen LogP contribution in [0.5, 0.6) is 0 Å². The Labute approximate surface area is 178 Å². The molecule has 0 saturated heterocycles. The van der Waals surface area contributed by atoms with Gasteiger partial charge < -0.3 is 0 Å². The van der Waals surface area contributed by atoms with Crippen LogP contribution >= 0.6 is 0 Å². The highest BCUT2D eigenvalue weighted by atomic mass is 32.3. The van der Waals surface area contributed by atoms with Gasteiger partial charge in [-0.15, -0.1) is 0 Å². The molecule has 0 aliphatic carbocycles. The van der Waals surface area contributed by atoms with Crippen LogP contribution in [0.3, 0.4) is 0 Å². The summed E-state index contributed by atoms with van der Waals surface area (Å²) in [6.45, 7) is 11.6. The lowest BCUT2D eigenvalue weighted by Gasteiger charge is -2.20. The third-order valence-electron chi connectivity index (χ3n) is 4.80. The minimum Gasteiger partial charge on any atom is -0.262 e. The first-order chi connectivity index (χ1) is 13.5. The van der Waals surface area contributed by atoms with Gasteiger partial charge in [-0.2, -0.15) is 0 Å². The van der Waals surface area contributed by atoms with Gasteiger partial charge in [0.1, 0.15) is 0 Å². The molecule has 0 amide bonds. The second kappa shape index (κ2) is 7.77. The van der Waals surface area contributed by atoms with Crippen molar-refractivity contribution in [2.75, 3.05) is 0 Å². The average Bonchev–Trinajstić information content (AvgIpc) is 2.59. The quantitative estimate of drug-likeness (QED) is 0.498. The van der Waals surface area contributed by atoms with Gasteiger partial charge in [-0.3, -0.25) is 10.1 Å². The molecular formula is C21H27NO6S2. The molecule has 2 aromatic carbocycles. The molecule has 0 aromatic heterocycles. The van der Waals surface area contributed by atoms with E-state index in [9.17, 15) is 26.9 Å². The first-order valence-electron chi connectivity index (χ1n) is 9.31. The minimum absolute atomic E-state index is 0.258. The topological polar surface area (TPSA) is 111 Å². The van der Waals surface area contributed by atoms with E-state index in [1.54, 1.807) is 0 Å². The van der Waals surface area contributed by atoms with Crippen molar-refractivity contribution < 1.29 is 21.8 Å². The highest BCUT2D eigenvalue weighted by Crippen LogP contribution is 2.30. The van der Waals surface area contributed by atoms with Crippen LogP contribution in [0.1, 0.15) is 52.7 Å². The Morgan fingerprint density at radius 2 is 0.933 bits per heavy atom. The fraction of sp³-hybridized carbons (Fsp3) is 0.429. The summed E-state index contributed by atoms with van der Waals surface area (Å²) in [7, 11) is -9.59. The van der Waals surface area contributed by atoms with Gasteiger partial charge in [0.05, 0.1) is 14.7 Å². The van der Waals surface area contributed by atoms with E-state index in [0.717, 1.165) is 11.1 Å². The number of nitrogens with zero attached hydrogens (tertiary/aromatic N) is 1. The van der Waals surface area contributed by atoms with Gasteiger partial charge in [-0.25, -0.2) is 16.8 Å². The van der Waals surface area contributed by atoms with Crippen LogP contribution in [0.15, 0.2) is 58.3 Å². The zero-order valence-electron chi connectivity index (χ0n) is 17.9. The number of sulfone groups is 2. The third-order valence-corrected chi connectivity index (χ3v) is 9.59. The number of rotatable bonds is 5. The molecule has 2 aromatic rings. The number of hydrogen-bond donors (Lipinski definition) is 0. The number of hydrogen-bond acceptors (Lipinski definition) is 6. The van der Waals surface area contributed by atoms with Crippen molar-refractivity contribution in [3.8, 4) is 0 Å². The highest BCUT2D eigenvalue weighted by molar-refractivity contribution is 8.08. The van der Waals surface area contributed by atoms with Gasteiger partial charge in [0.2, 0.25) is 0 Å². The standard InChI is InChI=1S/C21H27NO6S2/c1-20(2,3)15-7-11-17(12-8-15)29(25,26)19(22(23)24)30(27,28)18-13-9-16(10-14-18)21(4,5)6/h7-14,19H,1-6H3. The van der Waals surface area contributed by atoms with E-state index in [4.69, 9.17) is 0 Å². The Kier molecular flexibility index (Phi) is 6.22. The summed E-state index contributed by atoms with van der Waals surface area (Å²) in [4.78, 5) is 9.55. The molecule has 7 nitrogen and oxygen atoms in total. The van der Waals surface area contributed by atoms with Crippen LogP contribution in [-0.4, -0.2) is 26.5 Å². The molecule has 0 atom stereocenters. The Bertz CT molecular complexity index is 1050. The molecule has 0 unspecified atom stereocenters. The number of benzene rings is 2. The van der Waals surface area contributed by atoms with E-state index in [0.29, 0.717) is 0 Å². The molecule has 9 heteroatoms. The van der Waals surface area contributed by atoms with Crippen molar-refractivity contribution in [3.05, 3.63) is 69.8 Å². The Morgan fingerprint density at radius 1 is 0.667 bits per heavy atom. The van der Waals surface area contributed by atoms with E-state index in [1.165, 1.54) is 48.5 Å². The maximum atomic E-state index is 13.0. The molecule has 0 radical (unpaired) electrons. The van der Waals surface area contributed by atoms with E-state index in [2.05, 4.69) is 0 Å². The zero-order valence-corrected chi connectivity index (χ0v) is 19.5. The lowest BCUT2D eigenvalue weighted by Crippen LogP contribution is -2.37. The minimum atomic E-state index is -4.79. The third kappa shape index (κ3) is 4.73. The van der Waals surface area contributed by atoms with Crippen LogP contribution in [-0.2, 0) is 30.5 Å². The molecule has 2 rings (SSSR count). The molecule has 0 aliphatic rings. The zero-order chi connectivity index (χ0) is 23.1. The van der Waals surface area contributed by atoms with Crippen molar-refractivity contribution in [3.63, 3.8) is 0 Å². The largest absolute Gasteiger partial charge is 0.415 e. The summed E-state index contributed by atoms with van der Waals surface area (Å²) in [6.07, 6.45) is 0. The monoisotopic (exact) mass is 453 g/mol. The van der Waals surface area contributed by atoms with Crippen molar-refractivity contribution >= 4 is 19.7 Å². The molecule has 0 spiro atoms. The van der Waals surface area contributed by atoms with E-state index in [-0.39, 0.29) is 10.8 Å². The molecule has 0 heterocycles. The van der Waals surface area contributed by atoms with Crippen molar-refractivity contribution in [2.45, 2.75) is 66.9 Å². The molecular weight excluding hydrogens is 426 g/mol. The Hall–Kier alpha value is -2.26. The summed E-state index contributed by atoms with van der Waals surface area (Å²) in [5.74, 6) is 0. The molecule has 0 N–H and O–H groups in total. The second-order valence-electron chi connectivity index (χ2n) is 9.23. The molecule has 0 aliphatic heterocycles. The van der Waals surface area contributed by atoms with Crippen LogP contribution in [0, 0.1) is 10.1 Å². The van der Waals surface area contributed by atoms with Crippen molar-refractivity contribution in [2.24, 2.45) is 0 Å². The summed E-state index contributed by atoms with van der Waals surface area (Å²) in [6, 6.07) is 11.0. The summed E-state index contributed by atoms with van der Waals surface area (Å²) >= 11 is 0. The summed E-state index contributed by atoms with van der Waals surface area (Å²) in [5.41, 5.74) is 1.12. The van der Waals surface area contributed by atoms with E-state index in [1.807, 2.05) is 41.5 Å². The molecule has 0 saturated carbocycles. The SMILES string of the molecule is CC(C)(C)c1ccc(S(=O)(=O)C([N+](=O)[O-])S(=O)(=O)c2ccc(C(C)(C)C)cc2)cc1. The smallest absolute Gasteiger partial charge is 0.262 e. The Morgan fingerprint density at radius 3 is 1.13 bits per heavy atom. The van der Waals surface area contributed by atoms with E-state index < -0.39 is 39.1 Å². The fourth-order valence-electron chi connectivity index (χ4n) is 2.92. The van der Waals surface area contributed by atoms with Crippen LogP contribution in [0.2, 0.25) is 0 Å². The van der Waals surface area contributed by atoms with Gasteiger partial charge in [-0.05, 0) is 46.2 Å². The second-order valence-corrected chi connectivity index (χ2v) is 13.5. The van der Waals surface area contributed by atoms with Gasteiger partial charge in [0.15, 0.2) is 0 Å². The van der Waals surface area contributed by atoms with Crippen LogP contribution in [0.4, 0.5) is 0 Å². The summed E-state index contributed by atoms with van der Waals surface area (Å²) < 4.78 is 49.0. The maximum absolute atomic E-state index is 13.0. The van der Waals surface area contributed by atoms with Gasteiger partial charge >= 0.3 is 4.71 Å². The first kappa shape index (κ1) is 24.0. The predicted octanol–water partition coefficient (Wildman–Crippen LogP) is 4.09. The van der Waals surface area contributed by atoms with Gasteiger partial charge in [-0.1, -0.05) is 65.8 Å². The molecule has 30 heavy (non-hydrogen) atoms. The van der Waals surface area contributed by atoms with Crippen molar-refractivity contribution in [1.29, 1.82) is 0 Å². The fourth-order valence-corrected chi connectivity index (χ4v) is 6.87. The normalized spacial score (nSPS) is 13.4. The van der Waals surface area contributed by atoms with Gasteiger partial charge in [0.25, 0.3) is 19.7 Å². The lowest BCUT2D eigenvalue weighted by atomic mass is 9.87.